The Kier molecular flexibility index (Phi) is 6.84. The number of carbonyl (C=O) groups is 1. The number of benzene rings is 2. The number of anilines is 1. The van der Waals surface area contributed by atoms with Gasteiger partial charge in [0.15, 0.2) is 0 Å². The molecule has 0 aliphatic carbocycles. The number of rotatable bonds is 5. The van der Waals surface area contributed by atoms with E-state index in [1.54, 1.807) is 62.6 Å². The van der Waals surface area contributed by atoms with E-state index in [4.69, 9.17) is 11.6 Å². The van der Waals surface area contributed by atoms with Crippen molar-refractivity contribution in [1.29, 1.82) is 0 Å². The lowest BCUT2D eigenvalue weighted by Gasteiger charge is -2.16. The quantitative estimate of drug-likeness (QED) is 0.368. The maximum atomic E-state index is 13.3. The fourth-order valence-corrected chi connectivity index (χ4v) is 2.95. The van der Waals surface area contributed by atoms with Gasteiger partial charge in [-0.1, -0.05) is 29.8 Å². The Morgan fingerprint density at radius 3 is 2.34 bits per heavy atom. The molecule has 0 aliphatic heterocycles. The highest BCUT2D eigenvalue weighted by Crippen LogP contribution is 2.34. The molecule has 0 unspecified atom stereocenters. The molecule has 0 fully saturated rings. The number of aromatic nitrogens is 1. The van der Waals surface area contributed by atoms with E-state index in [-0.39, 0.29) is 17.4 Å². The predicted molar refractivity (Wildman–Crippen MR) is 120 cm³/mol. The number of halogens is 4. The number of carbonyl (C=O) groups excluding carboxylic acids is 1. The Hall–Kier alpha value is -3.39. The van der Waals surface area contributed by atoms with Gasteiger partial charge in [0.25, 0.3) is 5.91 Å². The van der Waals surface area contributed by atoms with Crippen LogP contribution in [-0.4, -0.2) is 43.3 Å². The first-order valence-electron chi connectivity index (χ1n) is 9.49. The van der Waals surface area contributed by atoms with E-state index in [1.807, 2.05) is 0 Å². The van der Waals surface area contributed by atoms with Crippen LogP contribution in [0, 0.1) is 0 Å². The minimum atomic E-state index is -4.49. The van der Waals surface area contributed by atoms with Crippen LogP contribution in [0.5, 0.6) is 0 Å². The van der Waals surface area contributed by atoms with Crippen molar-refractivity contribution in [2.24, 2.45) is 5.10 Å². The highest BCUT2D eigenvalue weighted by atomic mass is 35.5. The fourth-order valence-electron chi connectivity index (χ4n) is 2.82. The molecule has 0 aliphatic rings. The summed E-state index contributed by atoms with van der Waals surface area (Å²) in [7, 11) is 4.76. The standard InChI is InChI=1S/C23H20ClF3N4O/c1-30(2)21-13-18(23(25,26)27)12-20(29-21)17-6-4-5-15(11-17)14-28-31(3)22(32)16-7-9-19(24)10-8-16/h4-14H,1-3H3/b28-14+. The lowest BCUT2D eigenvalue weighted by Crippen LogP contribution is -2.21. The molecule has 2 aromatic carbocycles. The van der Waals surface area contributed by atoms with E-state index in [0.29, 0.717) is 21.7 Å². The lowest BCUT2D eigenvalue weighted by molar-refractivity contribution is -0.137. The molecule has 0 saturated carbocycles. The minimum Gasteiger partial charge on any atom is -0.363 e. The largest absolute Gasteiger partial charge is 0.416 e. The zero-order valence-electron chi connectivity index (χ0n) is 17.6. The Labute approximate surface area is 188 Å². The van der Waals surface area contributed by atoms with Crippen molar-refractivity contribution in [3.8, 4) is 11.3 Å². The molecule has 0 spiro atoms. The summed E-state index contributed by atoms with van der Waals surface area (Å²) >= 11 is 5.84. The molecule has 3 aromatic rings. The molecule has 0 radical (unpaired) electrons. The SMILES string of the molecule is CN(/N=C/c1cccc(-c2cc(C(F)(F)F)cc(N(C)C)n2)c1)C(=O)c1ccc(Cl)cc1. The summed E-state index contributed by atoms with van der Waals surface area (Å²) < 4.78 is 40.0. The van der Waals surface area contributed by atoms with Gasteiger partial charge < -0.3 is 4.90 Å². The maximum absolute atomic E-state index is 13.3. The lowest BCUT2D eigenvalue weighted by atomic mass is 10.1. The number of alkyl halides is 3. The van der Waals surface area contributed by atoms with Gasteiger partial charge >= 0.3 is 6.18 Å². The van der Waals surface area contributed by atoms with Gasteiger partial charge in [-0.15, -0.1) is 0 Å². The van der Waals surface area contributed by atoms with E-state index in [2.05, 4.69) is 10.1 Å². The molecule has 0 saturated heterocycles. The van der Waals surface area contributed by atoms with Crippen molar-refractivity contribution in [2.75, 3.05) is 26.0 Å². The van der Waals surface area contributed by atoms with Gasteiger partial charge in [0.1, 0.15) is 5.82 Å². The summed E-state index contributed by atoms with van der Waals surface area (Å²) in [6.45, 7) is 0. The van der Waals surface area contributed by atoms with Crippen LogP contribution in [0.4, 0.5) is 19.0 Å². The molecule has 9 heteroatoms. The third kappa shape index (κ3) is 5.64. The molecule has 0 bridgehead atoms. The van der Waals surface area contributed by atoms with E-state index in [0.717, 1.165) is 12.1 Å². The predicted octanol–water partition coefficient (Wildman–Crippen LogP) is 5.59. The normalized spacial score (nSPS) is 11.6. The zero-order valence-corrected chi connectivity index (χ0v) is 18.3. The second-order valence-corrected chi connectivity index (χ2v) is 7.63. The number of hydrogen-bond donors (Lipinski definition) is 0. The Bertz CT molecular complexity index is 1140. The molecule has 3 rings (SSSR count). The van der Waals surface area contributed by atoms with Crippen LogP contribution in [0.15, 0.2) is 65.8 Å². The summed E-state index contributed by atoms with van der Waals surface area (Å²) in [5.41, 5.74) is 0.925. The number of hydrazone groups is 1. The topological polar surface area (TPSA) is 48.8 Å². The third-order valence-electron chi connectivity index (χ3n) is 4.54. The van der Waals surface area contributed by atoms with E-state index < -0.39 is 11.7 Å². The molecular weight excluding hydrogens is 441 g/mol. The molecule has 1 aromatic heterocycles. The number of hydrogen-bond acceptors (Lipinski definition) is 4. The molecule has 166 valence electrons. The van der Waals surface area contributed by atoms with Gasteiger partial charge in [0.2, 0.25) is 0 Å². The van der Waals surface area contributed by atoms with Crippen LogP contribution in [0.1, 0.15) is 21.5 Å². The first-order chi connectivity index (χ1) is 15.0. The highest BCUT2D eigenvalue weighted by Gasteiger charge is 2.32. The second-order valence-electron chi connectivity index (χ2n) is 7.20. The molecule has 5 nitrogen and oxygen atoms in total. The van der Waals surface area contributed by atoms with Crippen molar-refractivity contribution in [3.05, 3.63) is 82.4 Å². The number of nitrogens with zero attached hydrogens (tertiary/aromatic N) is 4. The monoisotopic (exact) mass is 460 g/mol. The van der Waals surface area contributed by atoms with Crippen LogP contribution in [0.25, 0.3) is 11.3 Å². The van der Waals surface area contributed by atoms with Crippen molar-refractivity contribution >= 4 is 29.5 Å². The average Bonchev–Trinajstić information content (AvgIpc) is 2.76. The van der Waals surface area contributed by atoms with E-state index >= 15 is 0 Å². The van der Waals surface area contributed by atoms with Crippen LogP contribution < -0.4 is 4.90 Å². The Balaban J connectivity index is 1.87. The van der Waals surface area contributed by atoms with Crippen molar-refractivity contribution in [3.63, 3.8) is 0 Å². The zero-order chi connectivity index (χ0) is 23.5. The van der Waals surface area contributed by atoms with Gasteiger partial charge in [-0.2, -0.15) is 18.3 Å². The molecule has 0 atom stereocenters. The van der Waals surface area contributed by atoms with Crippen LogP contribution in [0.2, 0.25) is 5.02 Å². The summed E-state index contributed by atoms with van der Waals surface area (Å²) in [5, 5.41) is 5.84. The van der Waals surface area contributed by atoms with Gasteiger partial charge in [0, 0.05) is 37.3 Å². The molecule has 1 heterocycles. The first-order valence-corrected chi connectivity index (χ1v) is 9.87. The van der Waals surface area contributed by atoms with Crippen molar-refractivity contribution in [1.82, 2.24) is 9.99 Å². The van der Waals surface area contributed by atoms with Crippen LogP contribution in [0.3, 0.4) is 0 Å². The smallest absolute Gasteiger partial charge is 0.363 e. The minimum absolute atomic E-state index is 0.185. The van der Waals surface area contributed by atoms with Gasteiger partial charge in [-0.3, -0.25) is 4.79 Å². The second kappa shape index (κ2) is 9.40. The molecule has 32 heavy (non-hydrogen) atoms. The molecule has 1 amide bonds. The Morgan fingerprint density at radius 2 is 1.72 bits per heavy atom. The summed E-state index contributed by atoms with van der Waals surface area (Å²) in [6, 6.07) is 15.2. The maximum Gasteiger partial charge on any atom is 0.416 e. The van der Waals surface area contributed by atoms with Gasteiger partial charge in [-0.25, -0.2) is 9.99 Å². The fraction of sp³-hybridized carbons (Fsp3) is 0.174. The van der Waals surface area contributed by atoms with Crippen molar-refractivity contribution in [2.45, 2.75) is 6.18 Å². The highest BCUT2D eigenvalue weighted by molar-refractivity contribution is 6.30. The third-order valence-corrected chi connectivity index (χ3v) is 4.80. The molecule has 0 N–H and O–H groups in total. The number of pyridine rings is 1. The van der Waals surface area contributed by atoms with Gasteiger partial charge in [0.05, 0.1) is 17.5 Å². The summed E-state index contributed by atoms with van der Waals surface area (Å²) in [5.74, 6) is -0.133. The Morgan fingerprint density at radius 1 is 1.03 bits per heavy atom. The summed E-state index contributed by atoms with van der Waals surface area (Å²) in [4.78, 5) is 18.3. The van der Waals surface area contributed by atoms with Gasteiger partial charge in [-0.05, 0) is 48.0 Å². The average molecular weight is 461 g/mol. The van der Waals surface area contributed by atoms with E-state index in [9.17, 15) is 18.0 Å². The molecular formula is C23H20ClF3N4O. The summed E-state index contributed by atoms with van der Waals surface area (Å²) in [6.07, 6.45) is -3.04. The number of amides is 1. The van der Waals surface area contributed by atoms with Crippen molar-refractivity contribution < 1.29 is 18.0 Å². The van der Waals surface area contributed by atoms with E-state index in [1.165, 1.54) is 23.2 Å². The van der Waals surface area contributed by atoms with Crippen LogP contribution in [-0.2, 0) is 6.18 Å². The first kappa shape index (κ1) is 23.3. The van der Waals surface area contributed by atoms with Crippen LogP contribution >= 0.6 is 11.6 Å².